The summed E-state index contributed by atoms with van der Waals surface area (Å²) in [5.41, 5.74) is 0.722. The number of amides is 1. The summed E-state index contributed by atoms with van der Waals surface area (Å²) in [5.74, 6) is -0.591. The molecule has 2 N–H and O–H groups in total. The number of halogens is 3. The highest BCUT2D eigenvalue weighted by molar-refractivity contribution is 5.93. The van der Waals surface area contributed by atoms with E-state index in [1.807, 2.05) is 0 Å². The van der Waals surface area contributed by atoms with Gasteiger partial charge in [0.15, 0.2) is 17.3 Å². The Balaban J connectivity index is 1.40. The molecule has 0 aliphatic carbocycles. The lowest BCUT2D eigenvalue weighted by atomic mass is 9.97. The zero-order valence-corrected chi connectivity index (χ0v) is 14.0. The standard InChI is InChI=1S/C16H15F3N6O2/c17-16(18,19)9-3-4-25-13(6-9)23-24-14(25)8-20-15(26)11-7-10(21-22-11)12-2-1-5-27-12/h1-2,5,7,9H,3-4,6,8H2,(H,20,26)(H,21,22)/t9-/m1/s1. The number of alkyl halides is 3. The summed E-state index contributed by atoms with van der Waals surface area (Å²) in [6, 6.07) is 4.99. The molecule has 4 heterocycles. The quantitative estimate of drug-likeness (QED) is 0.723. The number of hydrogen-bond acceptors (Lipinski definition) is 5. The molecule has 1 aliphatic heterocycles. The second-order valence-corrected chi connectivity index (χ2v) is 6.24. The first-order valence-corrected chi connectivity index (χ1v) is 8.27. The minimum absolute atomic E-state index is 0.0264. The second-order valence-electron chi connectivity index (χ2n) is 6.24. The average molecular weight is 380 g/mol. The van der Waals surface area contributed by atoms with E-state index in [9.17, 15) is 18.0 Å². The van der Waals surface area contributed by atoms with Crippen LogP contribution in [0.25, 0.3) is 11.5 Å². The molecule has 8 nitrogen and oxygen atoms in total. The smallest absolute Gasteiger partial charge is 0.392 e. The van der Waals surface area contributed by atoms with Gasteiger partial charge in [-0.1, -0.05) is 0 Å². The Labute approximate surface area is 150 Å². The van der Waals surface area contributed by atoms with Gasteiger partial charge in [-0.25, -0.2) is 0 Å². The Bertz CT molecular complexity index is 944. The van der Waals surface area contributed by atoms with E-state index >= 15 is 0 Å². The van der Waals surface area contributed by atoms with Gasteiger partial charge in [-0.15, -0.1) is 10.2 Å². The van der Waals surface area contributed by atoms with E-state index in [1.54, 1.807) is 22.8 Å². The van der Waals surface area contributed by atoms with Crippen LogP contribution in [-0.2, 0) is 19.5 Å². The summed E-state index contributed by atoms with van der Waals surface area (Å²) in [6.45, 7) is 0.216. The van der Waals surface area contributed by atoms with Crippen molar-refractivity contribution in [1.82, 2.24) is 30.3 Å². The molecule has 0 radical (unpaired) electrons. The predicted molar refractivity (Wildman–Crippen MR) is 85.3 cm³/mol. The fourth-order valence-electron chi connectivity index (χ4n) is 3.05. The Morgan fingerprint density at radius 3 is 3.00 bits per heavy atom. The third kappa shape index (κ3) is 3.44. The minimum Gasteiger partial charge on any atom is -0.463 e. The Morgan fingerprint density at radius 2 is 2.26 bits per heavy atom. The number of carbonyl (C=O) groups excluding carboxylic acids is 1. The molecule has 27 heavy (non-hydrogen) atoms. The molecule has 142 valence electrons. The maximum absolute atomic E-state index is 12.9. The molecule has 11 heteroatoms. The van der Waals surface area contributed by atoms with Crippen LogP contribution in [0.5, 0.6) is 0 Å². The number of furan rings is 1. The molecule has 1 amide bonds. The lowest BCUT2D eigenvalue weighted by Crippen LogP contribution is -2.32. The maximum atomic E-state index is 12.9. The normalized spacial score (nSPS) is 16.9. The monoisotopic (exact) mass is 380 g/mol. The molecule has 1 aliphatic rings. The summed E-state index contributed by atoms with van der Waals surface area (Å²) in [6.07, 6.45) is -2.96. The van der Waals surface area contributed by atoms with E-state index in [1.165, 1.54) is 6.26 Å². The number of rotatable bonds is 4. The zero-order valence-electron chi connectivity index (χ0n) is 14.0. The molecular weight excluding hydrogens is 365 g/mol. The fraction of sp³-hybridized carbons (Fsp3) is 0.375. The highest BCUT2D eigenvalue weighted by Crippen LogP contribution is 2.34. The number of nitrogens with one attached hydrogen (secondary N) is 2. The number of H-pyrrole nitrogens is 1. The van der Waals surface area contributed by atoms with Crippen molar-refractivity contribution in [2.45, 2.75) is 32.1 Å². The summed E-state index contributed by atoms with van der Waals surface area (Å²) in [4.78, 5) is 12.2. The van der Waals surface area contributed by atoms with Crippen LogP contribution in [0.3, 0.4) is 0 Å². The topological polar surface area (TPSA) is 102 Å². The third-order valence-corrected chi connectivity index (χ3v) is 4.50. The number of aromatic amines is 1. The molecule has 3 aromatic rings. The van der Waals surface area contributed by atoms with Crippen LogP contribution >= 0.6 is 0 Å². The van der Waals surface area contributed by atoms with Gasteiger partial charge < -0.3 is 14.3 Å². The van der Waals surface area contributed by atoms with Gasteiger partial charge in [-0.3, -0.25) is 9.89 Å². The van der Waals surface area contributed by atoms with E-state index in [-0.39, 0.29) is 37.4 Å². The van der Waals surface area contributed by atoms with Gasteiger partial charge in [-0.05, 0) is 18.6 Å². The van der Waals surface area contributed by atoms with Crippen molar-refractivity contribution in [3.8, 4) is 11.5 Å². The van der Waals surface area contributed by atoms with E-state index in [2.05, 4.69) is 25.7 Å². The average Bonchev–Trinajstić information content (AvgIpc) is 3.37. The lowest BCUT2D eigenvalue weighted by molar-refractivity contribution is -0.179. The van der Waals surface area contributed by atoms with Crippen LogP contribution in [0, 0.1) is 5.92 Å². The van der Waals surface area contributed by atoms with E-state index in [4.69, 9.17) is 4.42 Å². The van der Waals surface area contributed by atoms with Crippen LogP contribution in [0.4, 0.5) is 13.2 Å². The van der Waals surface area contributed by atoms with Gasteiger partial charge in [0.2, 0.25) is 0 Å². The first-order chi connectivity index (χ1) is 12.9. The van der Waals surface area contributed by atoms with E-state index < -0.39 is 18.0 Å². The van der Waals surface area contributed by atoms with Gasteiger partial charge >= 0.3 is 6.18 Å². The van der Waals surface area contributed by atoms with Crippen molar-refractivity contribution in [1.29, 1.82) is 0 Å². The van der Waals surface area contributed by atoms with Crippen LogP contribution in [0.1, 0.15) is 28.6 Å². The van der Waals surface area contributed by atoms with Crippen molar-refractivity contribution >= 4 is 5.91 Å². The summed E-state index contributed by atoms with van der Waals surface area (Å²) in [7, 11) is 0. The molecule has 0 bridgehead atoms. The van der Waals surface area contributed by atoms with E-state index in [0.29, 0.717) is 17.3 Å². The molecule has 4 rings (SSSR count). The first kappa shape index (κ1) is 17.3. The lowest BCUT2D eigenvalue weighted by Gasteiger charge is -2.25. The van der Waals surface area contributed by atoms with Crippen LogP contribution < -0.4 is 5.32 Å². The molecule has 1 atom stereocenters. The minimum atomic E-state index is -4.24. The SMILES string of the molecule is O=C(NCc1nnc2n1CC[C@@H](C(F)(F)F)C2)c1cc(-c2ccco2)[nH]n1. The van der Waals surface area contributed by atoms with Crippen molar-refractivity contribution in [3.05, 3.63) is 41.8 Å². The molecule has 0 aromatic carbocycles. The molecule has 3 aromatic heterocycles. The van der Waals surface area contributed by atoms with Crippen molar-refractivity contribution in [2.75, 3.05) is 0 Å². The Morgan fingerprint density at radius 1 is 1.41 bits per heavy atom. The van der Waals surface area contributed by atoms with Crippen LogP contribution in [0.2, 0.25) is 0 Å². The van der Waals surface area contributed by atoms with Gasteiger partial charge in [0.05, 0.1) is 18.7 Å². The van der Waals surface area contributed by atoms with Crippen LogP contribution in [-0.4, -0.2) is 37.0 Å². The van der Waals surface area contributed by atoms with E-state index in [0.717, 1.165) is 0 Å². The zero-order chi connectivity index (χ0) is 19.0. The second kappa shape index (κ2) is 6.56. The highest BCUT2D eigenvalue weighted by atomic mass is 19.4. The highest BCUT2D eigenvalue weighted by Gasteiger charge is 2.42. The van der Waals surface area contributed by atoms with Gasteiger partial charge in [0, 0.05) is 19.0 Å². The molecular formula is C16H15F3N6O2. The Kier molecular flexibility index (Phi) is 4.21. The van der Waals surface area contributed by atoms with Crippen molar-refractivity contribution < 1.29 is 22.4 Å². The van der Waals surface area contributed by atoms with Gasteiger partial charge in [0.1, 0.15) is 11.5 Å². The molecule has 0 spiro atoms. The van der Waals surface area contributed by atoms with Crippen LogP contribution in [0.15, 0.2) is 28.9 Å². The van der Waals surface area contributed by atoms with Crippen molar-refractivity contribution in [3.63, 3.8) is 0 Å². The maximum Gasteiger partial charge on any atom is 0.392 e. The summed E-state index contributed by atoms with van der Waals surface area (Å²) in [5, 5.41) is 17.0. The summed E-state index contributed by atoms with van der Waals surface area (Å²) < 4.78 is 45.4. The fourth-order valence-corrected chi connectivity index (χ4v) is 3.05. The largest absolute Gasteiger partial charge is 0.463 e. The number of hydrogen-bond donors (Lipinski definition) is 2. The molecule has 0 saturated carbocycles. The molecule has 0 saturated heterocycles. The van der Waals surface area contributed by atoms with Gasteiger partial charge in [-0.2, -0.15) is 18.3 Å². The number of aromatic nitrogens is 5. The number of fused-ring (bicyclic) bond motifs is 1. The van der Waals surface area contributed by atoms with Crippen molar-refractivity contribution in [2.24, 2.45) is 5.92 Å². The molecule has 0 fully saturated rings. The first-order valence-electron chi connectivity index (χ1n) is 8.27. The third-order valence-electron chi connectivity index (χ3n) is 4.50. The predicted octanol–water partition coefficient (Wildman–Crippen LogP) is 2.32. The summed E-state index contributed by atoms with van der Waals surface area (Å²) >= 11 is 0. The molecule has 0 unspecified atom stereocenters. The number of nitrogens with zero attached hydrogens (tertiary/aromatic N) is 4. The van der Waals surface area contributed by atoms with Gasteiger partial charge in [0.25, 0.3) is 5.91 Å². The number of carbonyl (C=O) groups is 1. The Hall–Kier alpha value is -3.11.